The number of rotatable bonds is 8. The molecule has 1 saturated carbocycles. The van der Waals surface area contributed by atoms with Gasteiger partial charge in [-0.3, -0.25) is 9.59 Å². The van der Waals surface area contributed by atoms with E-state index in [9.17, 15) is 31.5 Å². The molecule has 1 aliphatic rings. The monoisotopic (exact) mass is 649 g/mol. The molecule has 0 saturated heterocycles. The summed E-state index contributed by atoms with van der Waals surface area (Å²) in [6.45, 7) is -0.803. The van der Waals surface area contributed by atoms with Gasteiger partial charge in [0.15, 0.2) is 5.82 Å². The van der Waals surface area contributed by atoms with E-state index in [4.69, 9.17) is 34.8 Å². The maximum Gasteiger partial charge on any atom is 0.461 e. The molecule has 11 nitrogen and oxygen atoms in total. The zero-order valence-corrected chi connectivity index (χ0v) is 22.9. The van der Waals surface area contributed by atoms with E-state index < -0.39 is 36.3 Å². The molecule has 2 amide bonds. The Morgan fingerprint density at radius 3 is 2.43 bits per heavy atom. The standard InChI is InChI=1S/C23H15Cl3F5N9O2/c24-10-6-13(19(41)33-11-3-4-11)17(15(26)7-10)34-20(42)16-8-12(36-40(16)18-14(25)2-1-5-32-18)9-39-21(35-37-38-39)22(27,28)23(29,30)31/h1-2,5-8,11H,3-4,9H2,(H,33,41)(H,34,42). The van der Waals surface area contributed by atoms with E-state index >= 15 is 0 Å². The van der Waals surface area contributed by atoms with Gasteiger partial charge in [-0.25, -0.2) is 14.3 Å². The molecule has 0 aliphatic heterocycles. The van der Waals surface area contributed by atoms with Crippen LogP contribution in [0.5, 0.6) is 0 Å². The van der Waals surface area contributed by atoms with Crippen molar-refractivity contribution < 1.29 is 31.5 Å². The van der Waals surface area contributed by atoms with Gasteiger partial charge in [-0.05, 0) is 53.6 Å². The number of carbonyl (C=O) groups is 2. The van der Waals surface area contributed by atoms with Crippen LogP contribution in [-0.4, -0.2) is 59.0 Å². The van der Waals surface area contributed by atoms with E-state index in [1.54, 1.807) is 0 Å². The first-order chi connectivity index (χ1) is 19.8. The highest BCUT2D eigenvalue weighted by Gasteiger charge is 2.62. The van der Waals surface area contributed by atoms with Crippen molar-refractivity contribution in [1.82, 2.24) is 40.3 Å². The highest BCUT2D eigenvalue weighted by molar-refractivity contribution is 6.38. The summed E-state index contributed by atoms with van der Waals surface area (Å²) in [5, 5.41) is 18.5. The predicted octanol–water partition coefficient (Wildman–Crippen LogP) is 5.06. The number of benzene rings is 1. The van der Waals surface area contributed by atoms with Gasteiger partial charge in [0.05, 0.1) is 33.5 Å². The number of pyridine rings is 1. The Morgan fingerprint density at radius 1 is 1.02 bits per heavy atom. The van der Waals surface area contributed by atoms with E-state index in [1.807, 2.05) is 0 Å². The molecule has 0 spiro atoms. The average molecular weight is 651 g/mol. The van der Waals surface area contributed by atoms with Crippen LogP contribution < -0.4 is 10.6 Å². The largest absolute Gasteiger partial charge is 0.461 e. The van der Waals surface area contributed by atoms with E-state index in [-0.39, 0.29) is 54.2 Å². The summed E-state index contributed by atoms with van der Waals surface area (Å²) >= 11 is 18.6. The molecule has 3 aromatic heterocycles. The van der Waals surface area contributed by atoms with Crippen LogP contribution in [0.3, 0.4) is 0 Å². The molecule has 0 atom stereocenters. The molecule has 0 radical (unpaired) electrons. The summed E-state index contributed by atoms with van der Waals surface area (Å²) in [5.74, 6) is -8.71. The first-order valence-corrected chi connectivity index (χ1v) is 12.9. The number of amides is 2. The number of halogens is 8. The summed E-state index contributed by atoms with van der Waals surface area (Å²) < 4.78 is 68.1. The third kappa shape index (κ3) is 5.87. The third-order valence-electron chi connectivity index (χ3n) is 5.86. The van der Waals surface area contributed by atoms with Crippen LogP contribution in [0.2, 0.25) is 15.1 Å². The Bertz CT molecular complexity index is 1690. The molecule has 3 heterocycles. The van der Waals surface area contributed by atoms with E-state index in [0.717, 1.165) is 23.6 Å². The molecule has 0 unspecified atom stereocenters. The van der Waals surface area contributed by atoms with Crippen LogP contribution in [0.4, 0.5) is 27.6 Å². The summed E-state index contributed by atoms with van der Waals surface area (Å²) in [4.78, 5) is 30.5. The summed E-state index contributed by atoms with van der Waals surface area (Å²) in [6, 6.07) is 6.55. The van der Waals surface area contributed by atoms with Crippen molar-refractivity contribution in [2.75, 3.05) is 5.32 Å². The number of nitrogens with zero attached hydrogens (tertiary/aromatic N) is 7. The number of hydrogen-bond acceptors (Lipinski definition) is 7. The molecule has 0 bridgehead atoms. The van der Waals surface area contributed by atoms with Crippen LogP contribution in [0.25, 0.3) is 5.82 Å². The maximum atomic E-state index is 14.0. The fourth-order valence-corrected chi connectivity index (χ4v) is 4.47. The molecule has 2 N–H and O–H groups in total. The molecule has 19 heteroatoms. The summed E-state index contributed by atoms with van der Waals surface area (Å²) in [6.07, 6.45) is -3.09. The molecule has 1 aromatic carbocycles. The molecule has 42 heavy (non-hydrogen) atoms. The highest BCUT2D eigenvalue weighted by Crippen LogP contribution is 2.42. The third-order valence-corrected chi connectivity index (χ3v) is 6.67. The van der Waals surface area contributed by atoms with Crippen LogP contribution in [-0.2, 0) is 12.5 Å². The Labute approximate surface area is 246 Å². The van der Waals surface area contributed by atoms with Crippen LogP contribution in [0, 0.1) is 0 Å². The summed E-state index contributed by atoms with van der Waals surface area (Å²) in [5.41, 5.74) is -0.662. The number of aromatic nitrogens is 7. The number of anilines is 1. The van der Waals surface area contributed by atoms with Crippen LogP contribution in [0.15, 0.2) is 36.5 Å². The molecule has 1 aliphatic carbocycles. The lowest BCUT2D eigenvalue weighted by Crippen LogP contribution is -2.36. The van der Waals surface area contributed by atoms with Crippen molar-refractivity contribution in [3.05, 3.63) is 74.4 Å². The minimum Gasteiger partial charge on any atom is -0.349 e. The minimum absolute atomic E-state index is 0.0157. The van der Waals surface area contributed by atoms with Gasteiger partial charge in [0.1, 0.15) is 5.69 Å². The zero-order valence-electron chi connectivity index (χ0n) is 20.6. The minimum atomic E-state index is -5.98. The fourth-order valence-electron chi connectivity index (χ4n) is 3.73. The Morgan fingerprint density at radius 2 is 1.76 bits per heavy atom. The molecule has 1 fully saturated rings. The fraction of sp³-hybridized carbons (Fsp3) is 0.261. The number of tetrazole rings is 1. The quantitative estimate of drug-likeness (QED) is 0.255. The molecule has 4 aromatic rings. The zero-order chi connectivity index (χ0) is 30.4. The maximum absolute atomic E-state index is 14.0. The van der Waals surface area contributed by atoms with Gasteiger partial charge < -0.3 is 10.6 Å². The Balaban J connectivity index is 1.54. The number of alkyl halides is 5. The van der Waals surface area contributed by atoms with Gasteiger partial charge >= 0.3 is 12.1 Å². The van der Waals surface area contributed by atoms with E-state index in [1.165, 1.54) is 30.5 Å². The average Bonchev–Trinajstić information content (AvgIpc) is 3.42. The molecule has 5 rings (SSSR count). The Hall–Kier alpha value is -3.89. The Kier molecular flexibility index (Phi) is 7.80. The van der Waals surface area contributed by atoms with Crippen molar-refractivity contribution in [3.8, 4) is 5.82 Å². The van der Waals surface area contributed by atoms with Crippen molar-refractivity contribution >= 4 is 52.3 Å². The lowest BCUT2D eigenvalue weighted by Gasteiger charge is -2.18. The van der Waals surface area contributed by atoms with E-state index in [2.05, 4.69) is 36.2 Å². The van der Waals surface area contributed by atoms with Gasteiger partial charge in [0, 0.05) is 17.3 Å². The first kappa shape index (κ1) is 29.6. The normalized spacial score (nSPS) is 13.7. The van der Waals surface area contributed by atoms with E-state index in [0.29, 0.717) is 0 Å². The summed E-state index contributed by atoms with van der Waals surface area (Å²) in [7, 11) is 0. The number of nitrogens with one attached hydrogen (secondary N) is 2. The van der Waals surface area contributed by atoms with Crippen molar-refractivity contribution in [3.63, 3.8) is 0 Å². The van der Waals surface area contributed by atoms with Crippen molar-refractivity contribution in [2.24, 2.45) is 0 Å². The number of carbonyl (C=O) groups excluding carboxylic acids is 2. The smallest absolute Gasteiger partial charge is 0.349 e. The van der Waals surface area contributed by atoms with Gasteiger partial charge in [0.25, 0.3) is 11.8 Å². The van der Waals surface area contributed by atoms with Crippen molar-refractivity contribution in [1.29, 1.82) is 0 Å². The second-order valence-corrected chi connectivity index (χ2v) is 10.2. The van der Waals surface area contributed by atoms with Crippen LogP contribution >= 0.6 is 34.8 Å². The van der Waals surface area contributed by atoms with Gasteiger partial charge in [-0.15, -0.1) is 5.10 Å². The second-order valence-electron chi connectivity index (χ2n) is 8.99. The molecular weight excluding hydrogens is 636 g/mol. The highest BCUT2D eigenvalue weighted by atomic mass is 35.5. The van der Waals surface area contributed by atoms with Gasteiger partial charge in [-0.2, -0.15) is 27.1 Å². The molecule has 220 valence electrons. The second kappa shape index (κ2) is 11.1. The molecular formula is C23H15Cl3F5N9O2. The number of hydrogen-bond donors (Lipinski definition) is 2. The van der Waals surface area contributed by atoms with Crippen LogP contribution in [0.1, 0.15) is 45.2 Å². The lowest BCUT2D eigenvalue weighted by molar-refractivity contribution is -0.293. The SMILES string of the molecule is O=C(NC1CC1)c1cc(Cl)cc(Cl)c1NC(=O)c1cc(Cn2nnnc2C(F)(F)C(F)(F)F)nn1-c1ncccc1Cl. The predicted molar refractivity (Wildman–Crippen MR) is 138 cm³/mol. The topological polar surface area (TPSA) is 133 Å². The lowest BCUT2D eigenvalue weighted by atomic mass is 10.1. The first-order valence-electron chi connectivity index (χ1n) is 11.8. The van der Waals surface area contributed by atoms with Gasteiger partial charge in [-0.1, -0.05) is 34.8 Å². The van der Waals surface area contributed by atoms with Crippen molar-refractivity contribution in [2.45, 2.75) is 37.5 Å². The van der Waals surface area contributed by atoms with Gasteiger partial charge in [0.2, 0.25) is 5.82 Å².